The molecule has 0 atom stereocenters. The molecule has 152 valence electrons. The normalized spacial score (nSPS) is 15.3. The van der Waals surface area contributed by atoms with Gasteiger partial charge in [0.1, 0.15) is 18.2 Å². The molecule has 4 rings (SSSR count). The largest absolute Gasteiger partial charge is 0.489 e. The summed E-state index contributed by atoms with van der Waals surface area (Å²) in [5.74, 6) is 0.193. The highest BCUT2D eigenvalue weighted by molar-refractivity contribution is 8.27. The van der Waals surface area contributed by atoms with Crippen LogP contribution in [0.15, 0.2) is 65.6 Å². The van der Waals surface area contributed by atoms with Crippen LogP contribution in [0.2, 0.25) is 0 Å². The molecule has 0 aliphatic carbocycles. The Morgan fingerprint density at radius 1 is 1.03 bits per heavy atom. The average molecular weight is 439 g/mol. The summed E-state index contributed by atoms with van der Waals surface area (Å²) in [6.07, 6.45) is 1.81. The quantitative estimate of drug-likeness (QED) is 0.397. The fourth-order valence-electron chi connectivity index (χ4n) is 3.20. The number of hydrogen-bond donors (Lipinski definition) is 0. The van der Waals surface area contributed by atoms with Crippen LogP contribution >= 0.6 is 24.0 Å². The predicted molar refractivity (Wildman–Crippen MR) is 122 cm³/mol. The van der Waals surface area contributed by atoms with Gasteiger partial charge in [0.25, 0.3) is 5.91 Å². The Morgan fingerprint density at radius 2 is 1.70 bits per heavy atom. The number of amides is 1. The molecule has 0 N–H and O–H groups in total. The Labute approximate surface area is 183 Å². The molecule has 4 nitrogen and oxygen atoms in total. The van der Waals surface area contributed by atoms with Gasteiger partial charge in [-0.1, -0.05) is 42.1 Å². The minimum Gasteiger partial charge on any atom is -0.489 e. The second-order valence-electron chi connectivity index (χ2n) is 6.87. The lowest BCUT2D eigenvalue weighted by Gasteiger charge is -2.20. The Bertz CT molecular complexity index is 1130. The number of halogens is 1. The Balaban J connectivity index is 1.48. The van der Waals surface area contributed by atoms with Gasteiger partial charge < -0.3 is 4.74 Å². The first-order valence-electron chi connectivity index (χ1n) is 9.33. The molecule has 7 heteroatoms. The molecule has 1 aromatic heterocycles. The number of ether oxygens (including phenoxy) is 1. The number of hydrogen-bond acceptors (Lipinski definition) is 4. The Morgan fingerprint density at radius 3 is 2.37 bits per heavy atom. The van der Waals surface area contributed by atoms with E-state index in [1.807, 2.05) is 48.9 Å². The van der Waals surface area contributed by atoms with Crippen LogP contribution in [0.5, 0.6) is 5.75 Å². The average Bonchev–Trinajstić information content (AvgIpc) is 3.19. The lowest BCUT2D eigenvalue weighted by molar-refractivity contribution is -0.114. The van der Waals surface area contributed by atoms with Gasteiger partial charge in [0.05, 0.1) is 4.91 Å². The van der Waals surface area contributed by atoms with Gasteiger partial charge in [0.15, 0.2) is 4.32 Å². The van der Waals surface area contributed by atoms with E-state index in [4.69, 9.17) is 17.0 Å². The number of aromatic nitrogens is 1. The van der Waals surface area contributed by atoms with Gasteiger partial charge in [-0.3, -0.25) is 9.47 Å². The zero-order valence-electron chi connectivity index (χ0n) is 16.5. The molecule has 1 aliphatic rings. The van der Waals surface area contributed by atoms with Crippen LogP contribution < -0.4 is 9.75 Å². The van der Waals surface area contributed by atoms with E-state index in [-0.39, 0.29) is 18.3 Å². The van der Waals surface area contributed by atoms with Crippen molar-refractivity contribution in [2.24, 2.45) is 0 Å². The maximum absolute atomic E-state index is 13.7. The van der Waals surface area contributed by atoms with Crippen molar-refractivity contribution in [2.75, 3.05) is 5.01 Å². The number of benzene rings is 2. The Hall–Kier alpha value is -2.90. The van der Waals surface area contributed by atoms with Gasteiger partial charge >= 0.3 is 0 Å². The van der Waals surface area contributed by atoms with Gasteiger partial charge in [-0.2, -0.15) is 5.01 Å². The molecule has 30 heavy (non-hydrogen) atoms. The smallest absolute Gasteiger partial charge is 0.285 e. The highest BCUT2D eigenvalue weighted by Gasteiger charge is 2.34. The summed E-state index contributed by atoms with van der Waals surface area (Å²) in [7, 11) is 0. The third-order valence-corrected chi connectivity index (χ3v) is 6.02. The summed E-state index contributed by atoms with van der Waals surface area (Å²) in [6, 6.07) is 17.8. The highest BCUT2D eigenvalue weighted by Crippen LogP contribution is 2.33. The standard InChI is InChI=1S/C23H19FN2O2S2/c1-15-7-8-16(2)25(15)26-22(27)21(30-23(26)29)13-17-9-11-19(12-10-17)28-14-18-5-3-4-6-20(18)24/h3-13H,14H2,1-2H3/b21-13+. The van der Waals surface area contributed by atoms with E-state index in [1.165, 1.54) is 22.8 Å². The van der Waals surface area contributed by atoms with Crippen LogP contribution in [0, 0.1) is 19.7 Å². The second-order valence-corrected chi connectivity index (χ2v) is 8.55. The van der Waals surface area contributed by atoms with Gasteiger partial charge in [-0.05, 0) is 68.0 Å². The minimum atomic E-state index is -0.288. The van der Waals surface area contributed by atoms with Crippen molar-refractivity contribution in [2.45, 2.75) is 20.5 Å². The molecule has 1 saturated heterocycles. The maximum Gasteiger partial charge on any atom is 0.285 e. The number of thioether (sulfide) groups is 1. The molecule has 0 bridgehead atoms. The zero-order chi connectivity index (χ0) is 21.3. The van der Waals surface area contributed by atoms with E-state index in [0.717, 1.165) is 17.0 Å². The van der Waals surface area contributed by atoms with Crippen molar-refractivity contribution in [1.82, 2.24) is 4.68 Å². The second kappa shape index (κ2) is 8.45. The molecule has 3 aromatic rings. The van der Waals surface area contributed by atoms with Crippen molar-refractivity contribution in [1.29, 1.82) is 0 Å². The summed E-state index contributed by atoms with van der Waals surface area (Å²) < 4.78 is 21.7. The van der Waals surface area contributed by atoms with Crippen molar-refractivity contribution >= 4 is 40.3 Å². The van der Waals surface area contributed by atoms with Crippen LogP contribution in [0.3, 0.4) is 0 Å². The predicted octanol–water partition coefficient (Wildman–Crippen LogP) is 5.36. The monoisotopic (exact) mass is 438 g/mol. The van der Waals surface area contributed by atoms with E-state index in [1.54, 1.807) is 30.3 Å². The SMILES string of the molecule is Cc1ccc(C)n1N1C(=O)/C(=C\c2ccc(OCc3ccccc3F)cc2)SC1=S. The fourth-order valence-corrected chi connectivity index (χ4v) is 4.44. The molecular weight excluding hydrogens is 419 g/mol. The van der Waals surface area contributed by atoms with Crippen LogP contribution in [0.25, 0.3) is 6.08 Å². The van der Waals surface area contributed by atoms with E-state index in [9.17, 15) is 9.18 Å². The van der Waals surface area contributed by atoms with E-state index < -0.39 is 0 Å². The van der Waals surface area contributed by atoms with E-state index in [2.05, 4.69) is 0 Å². The molecule has 0 radical (unpaired) electrons. The number of carbonyl (C=O) groups excluding carboxylic acids is 1. The van der Waals surface area contributed by atoms with Crippen LogP contribution in [0.4, 0.5) is 4.39 Å². The number of thiocarbonyl (C=S) groups is 1. The van der Waals surface area contributed by atoms with Crippen LogP contribution in [-0.4, -0.2) is 14.9 Å². The zero-order valence-corrected chi connectivity index (χ0v) is 18.1. The van der Waals surface area contributed by atoms with Crippen molar-refractivity contribution in [3.63, 3.8) is 0 Å². The first kappa shape index (κ1) is 20.4. The van der Waals surface area contributed by atoms with Gasteiger partial charge in [-0.25, -0.2) is 4.39 Å². The summed E-state index contributed by atoms with van der Waals surface area (Å²) in [4.78, 5) is 13.5. The molecule has 0 spiro atoms. The Kier molecular flexibility index (Phi) is 5.74. The molecule has 1 aliphatic heterocycles. The van der Waals surface area contributed by atoms with Crippen molar-refractivity contribution in [3.8, 4) is 5.75 Å². The van der Waals surface area contributed by atoms with E-state index >= 15 is 0 Å². The first-order chi connectivity index (χ1) is 14.4. The summed E-state index contributed by atoms with van der Waals surface area (Å²) in [5.41, 5.74) is 3.25. The number of aryl methyl sites for hydroxylation is 2. The fraction of sp³-hybridized carbons (Fsp3) is 0.130. The summed E-state index contributed by atoms with van der Waals surface area (Å²) >= 11 is 6.73. The summed E-state index contributed by atoms with van der Waals surface area (Å²) in [6.45, 7) is 4.03. The first-order valence-corrected chi connectivity index (χ1v) is 10.6. The number of carbonyl (C=O) groups is 1. The molecule has 1 amide bonds. The summed E-state index contributed by atoms with van der Waals surface area (Å²) in [5, 5.41) is 1.53. The molecule has 0 unspecified atom stereocenters. The van der Waals surface area contributed by atoms with Gasteiger partial charge in [-0.15, -0.1) is 0 Å². The topological polar surface area (TPSA) is 34.5 Å². The van der Waals surface area contributed by atoms with Crippen LogP contribution in [-0.2, 0) is 11.4 Å². The van der Waals surface area contributed by atoms with Crippen molar-refractivity contribution in [3.05, 3.63) is 93.9 Å². The third-order valence-electron chi connectivity index (χ3n) is 4.74. The number of rotatable bonds is 5. The van der Waals surface area contributed by atoms with Gasteiger partial charge in [0.2, 0.25) is 0 Å². The highest BCUT2D eigenvalue weighted by atomic mass is 32.2. The molecule has 2 aromatic carbocycles. The lowest BCUT2D eigenvalue weighted by atomic mass is 10.2. The van der Waals surface area contributed by atoms with Gasteiger partial charge in [0, 0.05) is 17.0 Å². The molecule has 0 saturated carbocycles. The molecule has 2 heterocycles. The molecular formula is C23H19FN2O2S2. The van der Waals surface area contributed by atoms with E-state index in [0.29, 0.717) is 20.5 Å². The lowest BCUT2D eigenvalue weighted by Crippen LogP contribution is -2.39. The minimum absolute atomic E-state index is 0.146. The third kappa shape index (κ3) is 4.04. The maximum atomic E-state index is 13.7. The molecule has 1 fully saturated rings. The van der Waals surface area contributed by atoms with Crippen LogP contribution in [0.1, 0.15) is 22.5 Å². The number of nitrogens with zero attached hydrogens (tertiary/aromatic N) is 2. The van der Waals surface area contributed by atoms with Crippen molar-refractivity contribution < 1.29 is 13.9 Å².